The van der Waals surface area contributed by atoms with E-state index in [0.29, 0.717) is 39.5 Å². The van der Waals surface area contributed by atoms with Crippen molar-refractivity contribution in [3.8, 4) is 28.7 Å². The summed E-state index contributed by atoms with van der Waals surface area (Å²) in [5.41, 5.74) is 6.56. The molecule has 0 aliphatic rings. The number of carbonyl (C=O) groups excluding carboxylic acids is 1. The highest BCUT2D eigenvalue weighted by Gasteiger charge is 2.14. The number of rotatable bonds is 8. The Morgan fingerprint density at radius 3 is 2.63 bits per heavy atom. The van der Waals surface area contributed by atoms with Gasteiger partial charge < -0.3 is 9.47 Å². The van der Waals surface area contributed by atoms with Crippen molar-refractivity contribution in [2.75, 3.05) is 0 Å². The van der Waals surface area contributed by atoms with Crippen LogP contribution in [0, 0.1) is 18.3 Å². The van der Waals surface area contributed by atoms with E-state index < -0.39 is 0 Å². The molecular formula is C31H22ClN3O3. The number of pyridine rings is 2. The minimum absolute atomic E-state index is 0.130. The molecule has 0 aliphatic heterocycles. The fourth-order valence-electron chi connectivity index (χ4n) is 4.19. The Kier molecular flexibility index (Phi) is 7.30. The highest BCUT2D eigenvalue weighted by molar-refractivity contribution is 6.32. The van der Waals surface area contributed by atoms with E-state index in [2.05, 4.69) is 35.1 Å². The average molecular weight is 520 g/mol. The normalized spacial score (nSPS) is 10.7. The number of benzene rings is 3. The lowest BCUT2D eigenvalue weighted by Gasteiger charge is -2.15. The van der Waals surface area contributed by atoms with Crippen molar-refractivity contribution in [3.63, 3.8) is 0 Å². The summed E-state index contributed by atoms with van der Waals surface area (Å²) in [6.45, 7) is 2.46. The quantitative estimate of drug-likeness (QED) is 0.203. The molecule has 186 valence electrons. The van der Waals surface area contributed by atoms with Crippen LogP contribution in [0.15, 0.2) is 85.3 Å². The van der Waals surface area contributed by atoms with Gasteiger partial charge >= 0.3 is 0 Å². The van der Waals surface area contributed by atoms with Crippen molar-refractivity contribution < 1.29 is 14.3 Å². The lowest BCUT2D eigenvalue weighted by molar-refractivity contribution is 0.111. The van der Waals surface area contributed by atoms with Crippen LogP contribution in [-0.2, 0) is 13.2 Å². The van der Waals surface area contributed by atoms with Crippen LogP contribution in [0.3, 0.4) is 0 Å². The molecule has 0 aliphatic carbocycles. The van der Waals surface area contributed by atoms with E-state index in [1.165, 1.54) is 12.3 Å². The zero-order valence-electron chi connectivity index (χ0n) is 20.5. The SMILES string of the molecule is Cc1c(COc2cc(OCc3cncc(C#N)c3)c(C=O)cc2Cl)cccc1-c1cnc2ccccc2c1. The number of halogens is 1. The molecule has 0 N–H and O–H groups in total. The molecule has 3 aromatic carbocycles. The van der Waals surface area contributed by atoms with Crippen LogP contribution in [0.25, 0.3) is 22.0 Å². The zero-order chi connectivity index (χ0) is 26.5. The van der Waals surface area contributed by atoms with Crippen LogP contribution in [0.4, 0.5) is 0 Å². The number of carbonyl (C=O) groups is 1. The van der Waals surface area contributed by atoms with Crippen LogP contribution < -0.4 is 9.47 Å². The van der Waals surface area contributed by atoms with E-state index in [1.807, 2.05) is 42.6 Å². The summed E-state index contributed by atoms with van der Waals surface area (Å²) in [5, 5.41) is 10.5. The predicted octanol–water partition coefficient (Wildman–Crippen LogP) is 7.10. The minimum atomic E-state index is 0.130. The smallest absolute Gasteiger partial charge is 0.153 e. The van der Waals surface area contributed by atoms with E-state index in [1.54, 1.807) is 18.3 Å². The molecule has 2 heterocycles. The molecule has 0 atom stereocenters. The number of aldehydes is 1. The van der Waals surface area contributed by atoms with E-state index >= 15 is 0 Å². The Hall–Kier alpha value is -4.73. The van der Waals surface area contributed by atoms with Gasteiger partial charge in [-0.1, -0.05) is 48.0 Å². The Morgan fingerprint density at radius 1 is 0.947 bits per heavy atom. The molecule has 0 amide bonds. The van der Waals surface area contributed by atoms with Gasteiger partial charge in [-0.2, -0.15) is 5.26 Å². The molecule has 2 aromatic heterocycles. The maximum Gasteiger partial charge on any atom is 0.153 e. The Morgan fingerprint density at radius 2 is 1.79 bits per heavy atom. The molecule has 0 fully saturated rings. The third-order valence-corrected chi connectivity index (χ3v) is 6.54. The molecule has 0 saturated carbocycles. The monoisotopic (exact) mass is 519 g/mol. The summed E-state index contributed by atoms with van der Waals surface area (Å²) >= 11 is 6.43. The maximum absolute atomic E-state index is 11.6. The van der Waals surface area contributed by atoms with E-state index in [-0.39, 0.29) is 13.2 Å². The van der Waals surface area contributed by atoms with E-state index in [9.17, 15) is 4.79 Å². The summed E-state index contributed by atoms with van der Waals surface area (Å²) < 4.78 is 12.0. The molecule has 0 radical (unpaired) electrons. The number of nitrogens with zero attached hydrogens (tertiary/aromatic N) is 3. The van der Waals surface area contributed by atoms with Gasteiger partial charge in [-0.25, -0.2) is 0 Å². The van der Waals surface area contributed by atoms with Crippen molar-refractivity contribution >= 4 is 28.8 Å². The standard InChI is InChI=1S/C31H22ClN3O3/c1-20-24(6-4-7-27(20)25-10-23-5-2-3-8-29(23)35-16-25)19-38-31-12-30(26(17-36)11-28(31)32)37-18-22-9-21(13-33)14-34-15-22/h2-12,14-17H,18-19H2,1H3. The topological polar surface area (TPSA) is 85.1 Å². The average Bonchev–Trinajstić information content (AvgIpc) is 2.96. The van der Waals surface area contributed by atoms with Crippen molar-refractivity contribution in [2.24, 2.45) is 0 Å². The minimum Gasteiger partial charge on any atom is -0.488 e. The summed E-state index contributed by atoms with van der Waals surface area (Å²) in [6.07, 6.45) is 5.65. The number of fused-ring (bicyclic) bond motifs is 1. The number of hydrogen-bond donors (Lipinski definition) is 0. The molecule has 38 heavy (non-hydrogen) atoms. The second-order valence-corrected chi connectivity index (χ2v) is 9.12. The summed E-state index contributed by atoms with van der Waals surface area (Å²) in [4.78, 5) is 20.3. The number of para-hydroxylation sites is 1. The van der Waals surface area contributed by atoms with Gasteiger partial charge in [0.1, 0.15) is 30.8 Å². The summed E-state index contributed by atoms with van der Waals surface area (Å²) in [5.74, 6) is 0.725. The molecule has 0 saturated heterocycles. The number of nitriles is 1. The Labute approximate surface area is 225 Å². The van der Waals surface area contributed by atoms with E-state index in [4.69, 9.17) is 26.3 Å². The highest BCUT2D eigenvalue weighted by atomic mass is 35.5. The van der Waals surface area contributed by atoms with Crippen LogP contribution in [-0.4, -0.2) is 16.3 Å². The first-order valence-corrected chi connectivity index (χ1v) is 12.3. The van der Waals surface area contributed by atoms with Gasteiger partial charge in [0.05, 0.1) is 21.7 Å². The molecule has 0 bridgehead atoms. The maximum atomic E-state index is 11.6. The van der Waals surface area contributed by atoms with Gasteiger partial charge in [-0.3, -0.25) is 14.8 Å². The van der Waals surface area contributed by atoms with Gasteiger partial charge in [-0.05, 0) is 47.9 Å². The molecule has 5 rings (SSSR count). The largest absolute Gasteiger partial charge is 0.488 e. The summed E-state index contributed by atoms with van der Waals surface area (Å²) in [6, 6.07) is 23.1. The number of ether oxygens (including phenoxy) is 2. The molecule has 0 unspecified atom stereocenters. The number of hydrogen-bond acceptors (Lipinski definition) is 6. The summed E-state index contributed by atoms with van der Waals surface area (Å²) in [7, 11) is 0. The van der Waals surface area contributed by atoms with Gasteiger partial charge in [-0.15, -0.1) is 0 Å². The zero-order valence-corrected chi connectivity index (χ0v) is 21.3. The molecule has 5 aromatic rings. The van der Waals surface area contributed by atoms with Crippen LogP contribution in [0.5, 0.6) is 11.5 Å². The van der Waals surface area contributed by atoms with E-state index in [0.717, 1.165) is 33.2 Å². The van der Waals surface area contributed by atoms with Crippen LogP contribution >= 0.6 is 11.6 Å². The van der Waals surface area contributed by atoms with Gasteiger partial charge in [0.25, 0.3) is 0 Å². The highest BCUT2D eigenvalue weighted by Crippen LogP contribution is 2.34. The van der Waals surface area contributed by atoms with Crippen molar-refractivity contribution in [3.05, 3.63) is 118 Å². The predicted molar refractivity (Wildman–Crippen MR) is 146 cm³/mol. The fraction of sp³-hybridized carbons (Fsp3) is 0.0968. The second kappa shape index (κ2) is 11.1. The first-order valence-electron chi connectivity index (χ1n) is 11.9. The Bertz CT molecular complexity index is 1690. The van der Waals surface area contributed by atoms with Gasteiger partial charge in [0.2, 0.25) is 0 Å². The molecular weight excluding hydrogens is 498 g/mol. The molecule has 0 spiro atoms. The van der Waals surface area contributed by atoms with Gasteiger partial charge in [0.15, 0.2) is 6.29 Å². The van der Waals surface area contributed by atoms with Crippen molar-refractivity contribution in [2.45, 2.75) is 20.1 Å². The third-order valence-electron chi connectivity index (χ3n) is 6.24. The Balaban J connectivity index is 1.36. The lowest BCUT2D eigenvalue weighted by atomic mass is 9.97. The third kappa shape index (κ3) is 5.34. The first kappa shape index (κ1) is 24.9. The molecule has 6 nitrogen and oxygen atoms in total. The molecule has 7 heteroatoms. The van der Waals surface area contributed by atoms with Crippen molar-refractivity contribution in [1.82, 2.24) is 9.97 Å². The fourth-order valence-corrected chi connectivity index (χ4v) is 4.42. The van der Waals surface area contributed by atoms with Crippen LogP contribution in [0.2, 0.25) is 5.02 Å². The van der Waals surface area contributed by atoms with Crippen LogP contribution in [0.1, 0.15) is 32.6 Å². The number of aromatic nitrogens is 2. The first-order chi connectivity index (χ1) is 18.6. The van der Waals surface area contributed by atoms with Gasteiger partial charge in [0, 0.05) is 41.2 Å². The second-order valence-electron chi connectivity index (χ2n) is 8.72. The van der Waals surface area contributed by atoms with Crippen molar-refractivity contribution in [1.29, 1.82) is 5.26 Å². The lowest BCUT2D eigenvalue weighted by Crippen LogP contribution is -2.03.